The van der Waals surface area contributed by atoms with Gasteiger partial charge in [-0.15, -0.1) is 0 Å². The summed E-state index contributed by atoms with van der Waals surface area (Å²) in [6.07, 6.45) is -5.41. The topological polar surface area (TPSA) is 288 Å². The molecule has 1 heterocycles. The Morgan fingerprint density at radius 2 is 1.78 bits per heavy atom. The molecule has 1 aromatic rings. The van der Waals surface area contributed by atoms with Crippen LogP contribution in [0.4, 0.5) is 5.69 Å². The van der Waals surface area contributed by atoms with Crippen LogP contribution in [-0.2, 0) is 57.6 Å². The van der Waals surface area contributed by atoms with Crippen molar-refractivity contribution in [3.05, 3.63) is 44.8 Å². The quantitative estimate of drug-likeness (QED) is 0.0300. The molecule has 0 bridgehead atoms. The average Bonchev–Trinajstić information content (AvgIpc) is 3.03. The van der Waals surface area contributed by atoms with Gasteiger partial charge in [0.05, 0.1) is 37.6 Å². The Morgan fingerprint density at radius 3 is 2.35 bits per heavy atom. The second-order valence-corrected chi connectivity index (χ2v) is 12.4. The number of methoxy groups -OCH3 is 1. The van der Waals surface area contributed by atoms with E-state index in [1.807, 2.05) is 0 Å². The lowest BCUT2D eigenvalue weighted by Gasteiger charge is -2.48. The molecule has 0 unspecified atom stereocenters. The minimum absolute atomic E-state index is 0.129. The Labute approximate surface area is 281 Å². The number of esters is 4. The van der Waals surface area contributed by atoms with E-state index in [-0.39, 0.29) is 6.61 Å². The van der Waals surface area contributed by atoms with Crippen molar-refractivity contribution in [1.82, 2.24) is 4.72 Å². The van der Waals surface area contributed by atoms with Gasteiger partial charge in [0, 0.05) is 31.7 Å². The predicted molar refractivity (Wildman–Crippen MR) is 166 cm³/mol. The zero-order chi connectivity index (χ0) is 36.8. The number of carbonyl (C=O) groups is 4. The van der Waals surface area contributed by atoms with E-state index in [1.165, 1.54) is 12.1 Å². The van der Waals surface area contributed by atoms with Gasteiger partial charge in [-0.05, 0) is 31.0 Å². The van der Waals surface area contributed by atoms with Gasteiger partial charge >= 0.3 is 23.9 Å². The Morgan fingerprint density at radius 1 is 1.12 bits per heavy atom. The summed E-state index contributed by atoms with van der Waals surface area (Å²) in [5.74, 6) is -6.53. The van der Waals surface area contributed by atoms with E-state index < -0.39 is 98.6 Å². The van der Waals surface area contributed by atoms with Crippen molar-refractivity contribution in [2.45, 2.75) is 94.0 Å². The lowest BCUT2D eigenvalue weighted by molar-refractivity contribution is -0.387. The van der Waals surface area contributed by atoms with E-state index in [4.69, 9.17) is 39.7 Å². The molecule has 272 valence electrons. The molecule has 0 spiro atoms. The average molecular weight is 717 g/mol. The summed E-state index contributed by atoms with van der Waals surface area (Å²) in [5, 5.41) is 15.1. The van der Waals surface area contributed by atoms with E-state index in [1.54, 1.807) is 0 Å². The van der Waals surface area contributed by atoms with Crippen molar-refractivity contribution in [2.24, 2.45) is 10.8 Å². The van der Waals surface area contributed by atoms with Gasteiger partial charge in [-0.1, -0.05) is 30.1 Å². The second-order valence-electron chi connectivity index (χ2n) is 10.7. The smallest absolute Gasteiger partial charge is 0.366 e. The van der Waals surface area contributed by atoms with Gasteiger partial charge in [0.2, 0.25) is 10.0 Å². The van der Waals surface area contributed by atoms with Crippen LogP contribution in [0.1, 0.15) is 52.9 Å². The normalized spacial score (nSPS) is 21.7. The SMILES string of the molecule is COC(=O)[C@@]1(OCCCCCCN)C[C@H](OC(C)=O)[C@@H](NS(=O)(=O)c2ccccc2[N+](=O)[O-])[C@H]([C@H](OC(C)=O)[C@@H](CN=[N+]=[N-])OC(C)=O)O1. The number of nitrogens with zero attached hydrogens (tertiary/aromatic N) is 4. The van der Waals surface area contributed by atoms with Crippen molar-refractivity contribution >= 4 is 39.6 Å². The number of para-hydroxylation sites is 1. The number of nitrogens with one attached hydrogen (secondary N) is 1. The summed E-state index contributed by atoms with van der Waals surface area (Å²) >= 11 is 0. The van der Waals surface area contributed by atoms with Gasteiger partial charge in [-0.2, -0.15) is 0 Å². The maximum atomic E-state index is 13.8. The fraction of sp³-hybridized carbons (Fsp3) is 0.643. The monoisotopic (exact) mass is 716 g/mol. The zero-order valence-corrected chi connectivity index (χ0v) is 28.2. The van der Waals surface area contributed by atoms with Crippen LogP contribution in [0.25, 0.3) is 10.4 Å². The van der Waals surface area contributed by atoms with Crippen LogP contribution in [-0.4, -0.2) is 100 Å². The molecule has 2 rings (SSSR count). The minimum Gasteiger partial charge on any atom is -0.465 e. The number of rotatable bonds is 19. The number of ether oxygens (including phenoxy) is 6. The first kappa shape index (κ1) is 40.8. The third kappa shape index (κ3) is 11.6. The standard InChI is InChI=1S/C28H40N6O14S/c1-17(35)45-21-15-28(27(38)43-4,44-14-10-6-5-9-13-29)48-26(25(47-19(3)37)22(16-31-33-30)46-18(2)36)24(21)32-49(41,42)23-12-8-7-11-20(23)34(39)40/h7-8,11-12,21-22,24-26,32H,5-6,9-10,13-16,29H2,1-4H3/t21-,22+,24+,25+,26+,28+/m0/s1. The van der Waals surface area contributed by atoms with Gasteiger partial charge in [0.15, 0.2) is 11.0 Å². The molecule has 49 heavy (non-hydrogen) atoms. The number of hydrogen-bond donors (Lipinski definition) is 2. The number of hydrogen-bond acceptors (Lipinski definition) is 16. The van der Waals surface area contributed by atoms with E-state index in [9.17, 15) is 37.7 Å². The fourth-order valence-electron chi connectivity index (χ4n) is 5.13. The predicted octanol–water partition coefficient (Wildman–Crippen LogP) is 1.54. The first-order valence-electron chi connectivity index (χ1n) is 15.0. The highest BCUT2D eigenvalue weighted by Gasteiger charge is 2.59. The summed E-state index contributed by atoms with van der Waals surface area (Å²) in [6.45, 7) is 2.57. The van der Waals surface area contributed by atoms with E-state index in [0.29, 0.717) is 19.4 Å². The van der Waals surface area contributed by atoms with Crippen LogP contribution in [0.2, 0.25) is 0 Å². The Balaban J connectivity index is 2.85. The molecule has 0 aromatic heterocycles. The molecule has 0 amide bonds. The fourth-order valence-corrected chi connectivity index (χ4v) is 6.57. The molecule has 3 N–H and O–H groups in total. The number of nitro groups is 1. The lowest BCUT2D eigenvalue weighted by Crippen LogP contribution is -2.69. The number of carbonyl (C=O) groups excluding carboxylic acids is 4. The van der Waals surface area contributed by atoms with Crippen molar-refractivity contribution < 1.29 is 60.9 Å². The first-order valence-corrected chi connectivity index (χ1v) is 16.5. The third-order valence-corrected chi connectivity index (χ3v) is 8.58. The number of benzene rings is 1. The van der Waals surface area contributed by atoms with Crippen LogP contribution < -0.4 is 10.5 Å². The largest absolute Gasteiger partial charge is 0.465 e. The molecule has 0 saturated carbocycles. The number of unbranched alkanes of at least 4 members (excludes halogenated alkanes) is 3. The van der Waals surface area contributed by atoms with E-state index >= 15 is 0 Å². The van der Waals surface area contributed by atoms with Gasteiger partial charge in [0.25, 0.3) is 11.5 Å². The van der Waals surface area contributed by atoms with Crippen LogP contribution in [0, 0.1) is 10.1 Å². The lowest BCUT2D eigenvalue weighted by atomic mass is 9.88. The van der Waals surface area contributed by atoms with Crippen LogP contribution in [0.5, 0.6) is 0 Å². The van der Waals surface area contributed by atoms with Crippen molar-refractivity contribution in [1.29, 1.82) is 0 Å². The molecule has 1 aromatic carbocycles. The highest BCUT2D eigenvalue weighted by molar-refractivity contribution is 7.89. The number of azide groups is 1. The van der Waals surface area contributed by atoms with Crippen LogP contribution in [0.15, 0.2) is 34.3 Å². The molecule has 1 aliphatic rings. The molecular formula is C28H40N6O14S. The van der Waals surface area contributed by atoms with Gasteiger partial charge in [-0.25, -0.2) is 17.9 Å². The molecule has 1 fully saturated rings. The molecule has 1 saturated heterocycles. The number of sulfonamides is 1. The van der Waals surface area contributed by atoms with Gasteiger partial charge in [-0.3, -0.25) is 24.5 Å². The van der Waals surface area contributed by atoms with Gasteiger partial charge < -0.3 is 34.2 Å². The first-order chi connectivity index (χ1) is 23.1. The van der Waals surface area contributed by atoms with Crippen LogP contribution in [0.3, 0.4) is 0 Å². The summed E-state index contributed by atoms with van der Waals surface area (Å²) in [4.78, 5) is 63.1. The highest BCUT2D eigenvalue weighted by atomic mass is 32.2. The van der Waals surface area contributed by atoms with Crippen molar-refractivity contribution in [3.8, 4) is 0 Å². The zero-order valence-electron chi connectivity index (χ0n) is 27.3. The maximum absolute atomic E-state index is 13.8. The van der Waals surface area contributed by atoms with E-state index in [2.05, 4.69) is 14.7 Å². The number of nitrogens with two attached hydrogens (primary N) is 1. The van der Waals surface area contributed by atoms with Crippen LogP contribution >= 0.6 is 0 Å². The third-order valence-electron chi connectivity index (χ3n) is 7.08. The maximum Gasteiger partial charge on any atom is 0.366 e. The molecule has 0 aliphatic carbocycles. The van der Waals surface area contributed by atoms with Gasteiger partial charge in [0.1, 0.15) is 18.3 Å². The molecule has 6 atom stereocenters. The summed E-state index contributed by atoms with van der Waals surface area (Å²) in [7, 11) is -3.91. The Kier molecular flexibility index (Phi) is 15.8. The summed E-state index contributed by atoms with van der Waals surface area (Å²) in [6, 6.07) is 2.52. The number of nitro benzene ring substituents is 1. The van der Waals surface area contributed by atoms with Crippen molar-refractivity contribution in [3.63, 3.8) is 0 Å². The minimum atomic E-state index is -4.92. The second kappa shape index (κ2) is 19.0. The van der Waals surface area contributed by atoms with Crippen molar-refractivity contribution in [2.75, 3.05) is 26.8 Å². The summed E-state index contributed by atoms with van der Waals surface area (Å²) < 4.78 is 63.2. The summed E-state index contributed by atoms with van der Waals surface area (Å²) in [5.41, 5.74) is 13.7. The Bertz CT molecular complexity index is 1500. The molecule has 20 nitrogen and oxygen atoms in total. The van der Waals surface area contributed by atoms with E-state index in [0.717, 1.165) is 52.9 Å². The molecule has 1 aliphatic heterocycles. The molecular weight excluding hydrogens is 676 g/mol. The Hall–Kier alpha value is -4.40. The molecule has 21 heteroatoms. The highest BCUT2D eigenvalue weighted by Crippen LogP contribution is 2.38. The molecule has 0 radical (unpaired) electrons.